The van der Waals surface area contributed by atoms with Crippen molar-refractivity contribution in [3.05, 3.63) is 59.3 Å². The number of piperidine rings is 1. The molecule has 224 valence electrons. The van der Waals surface area contributed by atoms with E-state index in [1.807, 2.05) is 35.7 Å². The third kappa shape index (κ3) is 5.34. The van der Waals surface area contributed by atoms with Gasteiger partial charge in [0.25, 0.3) is 5.91 Å². The Morgan fingerprint density at radius 1 is 1.14 bits per heavy atom. The van der Waals surface area contributed by atoms with Crippen molar-refractivity contribution in [1.29, 1.82) is 0 Å². The third-order valence-electron chi connectivity index (χ3n) is 10.3. The first-order chi connectivity index (χ1) is 20.1. The van der Waals surface area contributed by atoms with Crippen LogP contribution in [0.3, 0.4) is 0 Å². The Labute approximate surface area is 248 Å². The molecule has 7 nitrogen and oxygen atoms in total. The lowest BCUT2D eigenvalue weighted by atomic mass is 9.79. The third-order valence-corrected chi connectivity index (χ3v) is 10.3. The molecule has 1 saturated carbocycles. The van der Waals surface area contributed by atoms with Gasteiger partial charge in [0.05, 0.1) is 23.0 Å². The maximum Gasteiger partial charge on any atom is 0.256 e. The molecule has 8 heteroatoms. The number of carbonyl (C=O) groups is 2. The fourth-order valence-electron chi connectivity index (χ4n) is 7.46. The number of carbonyl (C=O) groups excluding carboxylic acids is 2. The van der Waals surface area contributed by atoms with E-state index in [1.165, 1.54) is 42.5 Å². The van der Waals surface area contributed by atoms with Crippen LogP contribution in [0.15, 0.2) is 36.8 Å². The minimum absolute atomic E-state index is 0.000754. The number of likely N-dealkylation sites (tertiary alicyclic amines) is 2. The number of aryl methyl sites for hydroxylation is 1. The zero-order valence-electron chi connectivity index (χ0n) is 25.7. The summed E-state index contributed by atoms with van der Waals surface area (Å²) >= 11 is 0. The second kappa shape index (κ2) is 11.1. The molecular formula is C34H44FN5O2. The van der Waals surface area contributed by atoms with Gasteiger partial charge in [-0.2, -0.15) is 0 Å². The number of hydrogen-bond donors (Lipinski definition) is 0. The molecule has 42 heavy (non-hydrogen) atoms. The van der Waals surface area contributed by atoms with Crippen molar-refractivity contribution in [2.75, 3.05) is 39.8 Å². The molecule has 0 atom stereocenters. The van der Waals surface area contributed by atoms with Crippen LogP contribution in [-0.4, -0.2) is 81.9 Å². The highest BCUT2D eigenvalue weighted by atomic mass is 19.1. The van der Waals surface area contributed by atoms with Crippen LogP contribution >= 0.6 is 0 Å². The van der Waals surface area contributed by atoms with E-state index < -0.39 is 5.82 Å². The Balaban J connectivity index is 1.19. The molecule has 0 spiro atoms. The number of fused-ring (bicyclic) bond motifs is 1. The number of benzene rings is 1. The summed E-state index contributed by atoms with van der Waals surface area (Å²) < 4.78 is 16.4. The van der Waals surface area contributed by atoms with Gasteiger partial charge in [-0.1, -0.05) is 0 Å². The number of aromatic nitrogens is 2. The molecular weight excluding hydrogens is 529 g/mol. The average Bonchev–Trinajstić information content (AvgIpc) is 3.65. The van der Waals surface area contributed by atoms with Gasteiger partial charge >= 0.3 is 0 Å². The van der Waals surface area contributed by atoms with E-state index in [2.05, 4.69) is 23.0 Å². The van der Waals surface area contributed by atoms with Gasteiger partial charge in [0.2, 0.25) is 5.91 Å². The Morgan fingerprint density at radius 2 is 1.86 bits per heavy atom. The van der Waals surface area contributed by atoms with Crippen molar-refractivity contribution < 1.29 is 14.0 Å². The highest BCUT2D eigenvalue weighted by Crippen LogP contribution is 2.56. The smallest absolute Gasteiger partial charge is 0.256 e. The van der Waals surface area contributed by atoms with Crippen molar-refractivity contribution in [1.82, 2.24) is 24.3 Å². The van der Waals surface area contributed by atoms with Crippen molar-refractivity contribution in [2.24, 2.45) is 17.3 Å². The van der Waals surface area contributed by atoms with Crippen LogP contribution in [0.2, 0.25) is 0 Å². The lowest BCUT2D eigenvalue weighted by molar-refractivity contribution is -0.130. The Hall–Kier alpha value is -3.26. The van der Waals surface area contributed by atoms with Gasteiger partial charge in [-0.15, -0.1) is 0 Å². The normalized spacial score (nSPS) is 19.4. The molecule has 6 rings (SSSR count). The molecule has 0 unspecified atom stereocenters. The molecule has 3 aromatic rings. The quantitative estimate of drug-likeness (QED) is 0.359. The lowest BCUT2D eigenvalue weighted by Crippen LogP contribution is -2.51. The molecule has 4 heterocycles. The van der Waals surface area contributed by atoms with Crippen molar-refractivity contribution in [3.8, 4) is 5.69 Å². The number of hydrogen-bond acceptors (Lipinski definition) is 4. The van der Waals surface area contributed by atoms with Gasteiger partial charge in [0.15, 0.2) is 0 Å². The fraction of sp³-hybridized carbons (Fsp3) is 0.559. The number of nitrogens with zero attached hydrogens (tertiary/aromatic N) is 5. The first kappa shape index (κ1) is 28.8. The molecule has 3 aliphatic rings. The van der Waals surface area contributed by atoms with E-state index in [4.69, 9.17) is 0 Å². The monoisotopic (exact) mass is 573 g/mol. The summed E-state index contributed by atoms with van der Waals surface area (Å²) in [5.41, 5.74) is 4.81. The molecule has 0 radical (unpaired) electrons. The summed E-state index contributed by atoms with van der Waals surface area (Å²) in [7, 11) is 1.76. The van der Waals surface area contributed by atoms with Crippen LogP contribution in [-0.2, 0) is 11.2 Å². The highest BCUT2D eigenvalue weighted by Gasteiger charge is 2.51. The topological polar surface area (TPSA) is 61.7 Å². The average molecular weight is 574 g/mol. The Kier molecular flexibility index (Phi) is 7.62. The van der Waals surface area contributed by atoms with Crippen molar-refractivity contribution >= 4 is 22.7 Å². The molecule has 2 aliphatic heterocycles. The van der Waals surface area contributed by atoms with E-state index in [-0.39, 0.29) is 17.9 Å². The van der Waals surface area contributed by atoms with Crippen LogP contribution in [0, 0.1) is 30.0 Å². The Morgan fingerprint density at radius 3 is 2.50 bits per heavy atom. The first-order valence-electron chi connectivity index (χ1n) is 15.6. The van der Waals surface area contributed by atoms with Gasteiger partial charge in [0.1, 0.15) is 5.82 Å². The van der Waals surface area contributed by atoms with Gasteiger partial charge in [-0.05, 0) is 99.5 Å². The first-order valence-corrected chi connectivity index (χ1v) is 15.6. The van der Waals surface area contributed by atoms with Gasteiger partial charge in [0, 0.05) is 70.5 Å². The minimum Gasteiger partial charge on any atom is -0.343 e. The lowest BCUT2D eigenvalue weighted by Gasteiger charge is -2.44. The standard InChI is InChI=1S/C34H44FN5O2/c1-22(2)37(5)33(42)29-15-28(35)6-7-30(29)40-20-26(32-23(3)16-36-17-31(32)40)14-25-18-38(19-25)21-34(10-11-34)27-8-12-39(13-9-27)24(4)41/h6-7,15-17,20,22,25,27H,8-14,18-19,21H2,1-5H3. The SMILES string of the molecule is CC(=O)N1CCC(C2(CN3CC(Cc4cn(-c5ccc(F)cc5C(=O)N(C)C(C)C)c5cncc(C)c45)C3)CC2)CC1. The van der Waals surface area contributed by atoms with Gasteiger partial charge in [-0.3, -0.25) is 14.6 Å². The molecule has 0 N–H and O–H groups in total. The molecule has 1 aromatic carbocycles. The summed E-state index contributed by atoms with van der Waals surface area (Å²) in [6.45, 7) is 12.9. The summed E-state index contributed by atoms with van der Waals surface area (Å²) in [5, 5.41) is 1.18. The molecule has 0 bridgehead atoms. The fourth-order valence-corrected chi connectivity index (χ4v) is 7.46. The minimum atomic E-state index is -0.419. The largest absolute Gasteiger partial charge is 0.343 e. The van der Waals surface area contributed by atoms with E-state index in [1.54, 1.807) is 24.9 Å². The predicted molar refractivity (Wildman–Crippen MR) is 163 cm³/mol. The maximum atomic E-state index is 14.4. The number of pyridine rings is 1. The molecule has 2 saturated heterocycles. The maximum absolute atomic E-state index is 14.4. The summed E-state index contributed by atoms with van der Waals surface area (Å²) in [6.07, 6.45) is 11.8. The zero-order valence-corrected chi connectivity index (χ0v) is 25.7. The molecule has 2 amide bonds. The second-order valence-corrected chi connectivity index (χ2v) is 13.5. The van der Waals surface area contributed by atoms with Crippen LogP contribution in [0.25, 0.3) is 16.6 Å². The highest BCUT2D eigenvalue weighted by molar-refractivity contribution is 5.99. The van der Waals surface area contributed by atoms with Crippen molar-refractivity contribution in [2.45, 2.75) is 65.8 Å². The molecule has 2 aromatic heterocycles. The summed E-state index contributed by atoms with van der Waals surface area (Å²) in [4.78, 5) is 35.9. The summed E-state index contributed by atoms with van der Waals surface area (Å²) in [5.74, 6) is 0.911. The Bertz CT molecular complexity index is 1500. The van der Waals surface area contributed by atoms with E-state index >= 15 is 0 Å². The number of rotatable bonds is 8. The van der Waals surface area contributed by atoms with Crippen LogP contribution in [0.4, 0.5) is 4.39 Å². The number of halogens is 1. The van der Waals surface area contributed by atoms with Crippen LogP contribution < -0.4 is 0 Å². The molecule has 1 aliphatic carbocycles. The summed E-state index contributed by atoms with van der Waals surface area (Å²) in [6, 6.07) is 4.49. The number of amides is 2. The van der Waals surface area contributed by atoms with Gasteiger partial charge < -0.3 is 19.3 Å². The second-order valence-electron chi connectivity index (χ2n) is 13.5. The van der Waals surface area contributed by atoms with E-state index in [0.717, 1.165) is 62.4 Å². The van der Waals surface area contributed by atoms with Gasteiger partial charge in [-0.25, -0.2) is 4.39 Å². The predicted octanol–water partition coefficient (Wildman–Crippen LogP) is 5.47. The van der Waals surface area contributed by atoms with E-state index in [0.29, 0.717) is 22.6 Å². The van der Waals surface area contributed by atoms with Crippen molar-refractivity contribution in [3.63, 3.8) is 0 Å². The molecule has 3 fully saturated rings. The van der Waals surface area contributed by atoms with Crippen LogP contribution in [0.1, 0.15) is 67.9 Å². The zero-order chi connectivity index (χ0) is 29.8. The van der Waals surface area contributed by atoms with E-state index in [9.17, 15) is 14.0 Å². The van der Waals surface area contributed by atoms with Crippen LogP contribution in [0.5, 0.6) is 0 Å².